The van der Waals surface area contributed by atoms with Crippen LogP contribution in [-0.2, 0) is 0 Å². The Morgan fingerprint density at radius 2 is 1.78 bits per heavy atom. The van der Waals surface area contributed by atoms with E-state index in [0.717, 1.165) is 20.2 Å². The number of hydrogen-bond donors (Lipinski definition) is 0. The van der Waals surface area contributed by atoms with Crippen LogP contribution in [0.25, 0.3) is 0 Å². The molecule has 2 rings (SSSR count). The zero-order valence-electron chi connectivity index (χ0n) is 9.78. The maximum atomic E-state index is 6.55. The van der Waals surface area contributed by atoms with E-state index in [1.54, 1.807) is 6.20 Å². The first-order chi connectivity index (χ1) is 8.58. The van der Waals surface area contributed by atoms with E-state index in [4.69, 9.17) is 11.6 Å². The fourth-order valence-electron chi connectivity index (χ4n) is 1.82. The van der Waals surface area contributed by atoms with Gasteiger partial charge < -0.3 is 0 Å². The Kier molecular flexibility index (Phi) is 4.82. The molecular weight excluding hydrogens is 377 g/mol. The second-order valence-corrected chi connectivity index (χ2v) is 6.45. The van der Waals surface area contributed by atoms with Crippen molar-refractivity contribution in [1.82, 2.24) is 4.98 Å². The molecule has 2 atom stereocenters. The number of nitrogens with zero attached hydrogens (tertiary/aromatic N) is 1. The molecule has 2 aromatic rings. The molecule has 94 valence electrons. The van der Waals surface area contributed by atoms with Crippen molar-refractivity contribution in [3.8, 4) is 0 Å². The molecule has 0 fully saturated rings. The zero-order chi connectivity index (χ0) is 13.1. The summed E-state index contributed by atoms with van der Waals surface area (Å²) >= 11 is 13.5. The van der Waals surface area contributed by atoms with E-state index in [9.17, 15) is 0 Å². The Hall–Kier alpha value is -0.380. The highest BCUT2D eigenvalue weighted by molar-refractivity contribution is 9.11. The third-order valence-corrected chi connectivity index (χ3v) is 4.34. The van der Waals surface area contributed by atoms with Gasteiger partial charge in [0.2, 0.25) is 0 Å². The number of rotatable bonds is 3. The van der Waals surface area contributed by atoms with Gasteiger partial charge in [-0.25, -0.2) is 0 Å². The Labute approximate surface area is 129 Å². The largest absolute Gasteiger partial charge is 0.261 e. The third-order valence-electron chi connectivity index (χ3n) is 2.80. The number of benzene rings is 1. The quantitative estimate of drug-likeness (QED) is 0.615. The molecule has 0 saturated carbocycles. The molecule has 1 heterocycles. The molecular formula is C14H12Br2ClN. The molecule has 4 heteroatoms. The van der Waals surface area contributed by atoms with Crippen molar-refractivity contribution in [3.05, 3.63) is 62.8 Å². The number of hydrogen-bond acceptors (Lipinski definition) is 1. The second-order valence-electron chi connectivity index (χ2n) is 4.15. The summed E-state index contributed by atoms with van der Waals surface area (Å²) in [5.41, 5.74) is 2.09. The predicted molar refractivity (Wildman–Crippen MR) is 83.1 cm³/mol. The van der Waals surface area contributed by atoms with Gasteiger partial charge >= 0.3 is 0 Å². The molecule has 0 N–H and O–H groups in total. The van der Waals surface area contributed by atoms with Crippen LogP contribution >= 0.6 is 43.5 Å². The molecule has 1 aromatic carbocycles. The van der Waals surface area contributed by atoms with E-state index in [2.05, 4.69) is 43.8 Å². The maximum absolute atomic E-state index is 6.55. The minimum absolute atomic E-state index is 0.103. The summed E-state index contributed by atoms with van der Waals surface area (Å²) in [4.78, 5) is 4.36. The van der Waals surface area contributed by atoms with Gasteiger partial charge in [0.25, 0.3) is 0 Å². The second kappa shape index (κ2) is 6.18. The number of aromatic nitrogens is 1. The lowest BCUT2D eigenvalue weighted by atomic mass is 9.97. The Morgan fingerprint density at radius 3 is 2.33 bits per heavy atom. The lowest BCUT2D eigenvalue weighted by molar-refractivity contribution is 0.706. The van der Waals surface area contributed by atoms with Crippen LogP contribution in [0.4, 0.5) is 0 Å². The van der Waals surface area contributed by atoms with Gasteiger partial charge in [0.15, 0.2) is 0 Å². The van der Waals surface area contributed by atoms with Gasteiger partial charge in [0.05, 0.1) is 5.38 Å². The van der Waals surface area contributed by atoms with Crippen molar-refractivity contribution >= 4 is 43.5 Å². The topological polar surface area (TPSA) is 12.9 Å². The highest BCUT2D eigenvalue weighted by Gasteiger charge is 2.20. The van der Waals surface area contributed by atoms with Crippen LogP contribution in [0.5, 0.6) is 0 Å². The van der Waals surface area contributed by atoms with Gasteiger partial charge in [0, 0.05) is 26.8 Å². The van der Waals surface area contributed by atoms with Gasteiger partial charge in [-0.05, 0) is 35.9 Å². The standard InChI is InChI=1S/C14H12Br2ClN/c1-9(13-4-2-3-5-18-13)14(17)10-6-11(15)8-12(16)7-10/h2-9,14H,1H3. The smallest absolute Gasteiger partial charge is 0.0667 e. The van der Waals surface area contributed by atoms with Gasteiger partial charge in [-0.2, -0.15) is 0 Å². The van der Waals surface area contributed by atoms with E-state index < -0.39 is 0 Å². The van der Waals surface area contributed by atoms with E-state index in [1.165, 1.54) is 0 Å². The number of alkyl halides is 1. The van der Waals surface area contributed by atoms with E-state index in [-0.39, 0.29) is 11.3 Å². The van der Waals surface area contributed by atoms with Gasteiger partial charge in [-0.1, -0.05) is 44.8 Å². The van der Waals surface area contributed by atoms with Crippen molar-refractivity contribution in [3.63, 3.8) is 0 Å². The van der Waals surface area contributed by atoms with Crippen molar-refractivity contribution in [2.75, 3.05) is 0 Å². The lowest BCUT2D eigenvalue weighted by Gasteiger charge is -2.18. The normalized spacial score (nSPS) is 14.2. The van der Waals surface area contributed by atoms with Crippen LogP contribution in [0.1, 0.15) is 29.5 Å². The molecule has 0 amide bonds. The fourth-order valence-corrected chi connectivity index (χ4v) is 3.40. The molecule has 0 spiro atoms. The monoisotopic (exact) mass is 387 g/mol. The van der Waals surface area contributed by atoms with E-state index in [0.29, 0.717) is 0 Å². The van der Waals surface area contributed by atoms with Crippen LogP contribution < -0.4 is 0 Å². The Morgan fingerprint density at radius 1 is 1.11 bits per heavy atom. The van der Waals surface area contributed by atoms with Crippen LogP contribution in [0.3, 0.4) is 0 Å². The first kappa shape index (κ1) is 14.0. The van der Waals surface area contributed by atoms with Gasteiger partial charge in [-0.3, -0.25) is 4.98 Å². The van der Waals surface area contributed by atoms with Gasteiger partial charge in [-0.15, -0.1) is 11.6 Å². The van der Waals surface area contributed by atoms with Crippen molar-refractivity contribution < 1.29 is 0 Å². The highest BCUT2D eigenvalue weighted by atomic mass is 79.9. The first-order valence-corrected chi connectivity index (χ1v) is 7.61. The minimum Gasteiger partial charge on any atom is -0.261 e. The lowest BCUT2D eigenvalue weighted by Crippen LogP contribution is -2.04. The van der Waals surface area contributed by atoms with Crippen LogP contribution in [0, 0.1) is 0 Å². The fraction of sp³-hybridized carbons (Fsp3) is 0.214. The number of pyridine rings is 1. The molecule has 0 aliphatic carbocycles. The molecule has 1 nitrogen and oxygen atoms in total. The van der Waals surface area contributed by atoms with Gasteiger partial charge in [0.1, 0.15) is 0 Å². The summed E-state index contributed by atoms with van der Waals surface area (Å²) in [6.45, 7) is 2.09. The summed E-state index contributed by atoms with van der Waals surface area (Å²) in [5, 5.41) is -0.103. The zero-order valence-corrected chi connectivity index (χ0v) is 13.7. The van der Waals surface area contributed by atoms with Crippen LogP contribution in [0.15, 0.2) is 51.5 Å². The molecule has 0 saturated heterocycles. The maximum Gasteiger partial charge on any atom is 0.0667 e. The first-order valence-electron chi connectivity index (χ1n) is 5.59. The average molecular weight is 390 g/mol. The Bertz CT molecular complexity index is 510. The summed E-state index contributed by atoms with van der Waals surface area (Å²) in [5.74, 6) is 0.161. The average Bonchev–Trinajstić information content (AvgIpc) is 2.37. The predicted octanol–water partition coefficient (Wildman–Crippen LogP) is 5.69. The summed E-state index contributed by atoms with van der Waals surface area (Å²) in [6.07, 6.45) is 1.80. The molecule has 18 heavy (non-hydrogen) atoms. The minimum atomic E-state index is -0.103. The van der Waals surface area contributed by atoms with E-state index in [1.807, 2.05) is 36.4 Å². The van der Waals surface area contributed by atoms with Crippen LogP contribution in [-0.4, -0.2) is 4.98 Å². The number of halogens is 3. The van der Waals surface area contributed by atoms with Crippen molar-refractivity contribution in [2.45, 2.75) is 18.2 Å². The van der Waals surface area contributed by atoms with E-state index >= 15 is 0 Å². The van der Waals surface area contributed by atoms with Crippen molar-refractivity contribution in [1.29, 1.82) is 0 Å². The SMILES string of the molecule is CC(c1ccccn1)C(Cl)c1cc(Br)cc(Br)c1. The van der Waals surface area contributed by atoms with Crippen LogP contribution in [0.2, 0.25) is 0 Å². The Balaban J connectivity index is 2.28. The molecule has 1 aromatic heterocycles. The molecule has 0 radical (unpaired) electrons. The highest BCUT2D eigenvalue weighted by Crippen LogP contribution is 2.37. The summed E-state index contributed by atoms with van der Waals surface area (Å²) < 4.78 is 2.04. The summed E-state index contributed by atoms with van der Waals surface area (Å²) in [6, 6.07) is 12.0. The molecule has 0 aliphatic heterocycles. The third kappa shape index (κ3) is 3.34. The molecule has 2 unspecified atom stereocenters. The molecule has 0 aliphatic rings. The van der Waals surface area contributed by atoms with Crippen molar-refractivity contribution in [2.24, 2.45) is 0 Å². The molecule has 0 bridgehead atoms. The summed E-state index contributed by atoms with van der Waals surface area (Å²) in [7, 11) is 0.